The highest BCUT2D eigenvalue weighted by Crippen LogP contribution is 2.40. The maximum Gasteiger partial charge on any atom is 0.131 e. The van der Waals surface area contributed by atoms with E-state index in [9.17, 15) is 13.2 Å². The summed E-state index contributed by atoms with van der Waals surface area (Å²) in [5, 5.41) is 0. The van der Waals surface area contributed by atoms with Gasteiger partial charge in [-0.25, -0.2) is 13.2 Å². The number of benzene rings is 3. The minimum Gasteiger partial charge on any atom is -0.207 e. The molecule has 1 aliphatic carbocycles. The first kappa shape index (κ1) is 16.9. The molecule has 3 heteroatoms. The number of rotatable bonds is 4. The lowest BCUT2D eigenvalue weighted by atomic mass is 9.98. The van der Waals surface area contributed by atoms with Crippen LogP contribution in [-0.2, 0) is 12.8 Å². The van der Waals surface area contributed by atoms with E-state index in [1.807, 2.05) is 0 Å². The van der Waals surface area contributed by atoms with Gasteiger partial charge in [-0.05, 0) is 76.9 Å². The zero-order chi connectivity index (χ0) is 18.3. The average molecular weight is 352 g/mol. The predicted octanol–water partition coefficient (Wildman–Crippen LogP) is 6.68. The molecule has 0 fully saturated rings. The monoisotopic (exact) mass is 352 g/mol. The fourth-order valence-corrected chi connectivity index (χ4v) is 3.74. The van der Waals surface area contributed by atoms with Gasteiger partial charge in [0.05, 0.1) is 0 Å². The van der Waals surface area contributed by atoms with Crippen molar-refractivity contribution in [2.75, 3.05) is 0 Å². The quantitative estimate of drug-likeness (QED) is 0.384. The van der Waals surface area contributed by atoms with Gasteiger partial charge in [-0.2, -0.15) is 0 Å². The third-order valence-electron chi connectivity index (χ3n) is 5.03. The van der Waals surface area contributed by atoms with Gasteiger partial charge in [-0.15, -0.1) is 0 Å². The summed E-state index contributed by atoms with van der Waals surface area (Å²) < 4.78 is 41.7. The van der Waals surface area contributed by atoms with Crippen molar-refractivity contribution in [1.29, 1.82) is 0 Å². The van der Waals surface area contributed by atoms with Crippen molar-refractivity contribution >= 4 is 0 Å². The van der Waals surface area contributed by atoms with Crippen molar-refractivity contribution in [2.45, 2.75) is 32.6 Å². The van der Waals surface area contributed by atoms with Crippen LogP contribution in [0.15, 0.2) is 48.5 Å². The minimum absolute atomic E-state index is 0.224. The second-order valence-corrected chi connectivity index (χ2v) is 6.92. The van der Waals surface area contributed by atoms with Crippen LogP contribution in [0.1, 0.15) is 36.5 Å². The van der Waals surface area contributed by atoms with Gasteiger partial charge in [0.25, 0.3) is 0 Å². The molecular weight excluding hydrogens is 333 g/mol. The van der Waals surface area contributed by atoms with Crippen LogP contribution >= 0.6 is 0 Å². The second-order valence-electron chi connectivity index (χ2n) is 6.92. The largest absolute Gasteiger partial charge is 0.207 e. The van der Waals surface area contributed by atoms with Gasteiger partial charge in [0.1, 0.15) is 17.5 Å². The maximum atomic E-state index is 14.7. The van der Waals surface area contributed by atoms with Crippen LogP contribution < -0.4 is 0 Å². The minimum atomic E-state index is -0.705. The van der Waals surface area contributed by atoms with Gasteiger partial charge in [-0.3, -0.25) is 0 Å². The normalized spacial score (nSPS) is 12.2. The topological polar surface area (TPSA) is 0 Å². The fraction of sp³-hybridized carbons (Fsp3) is 0.217. The SMILES string of the molecule is CCCCc1ccc2c(c1)Cc1cc(-c3cc(F)cc(F)c3)c(F)cc1-2. The Kier molecular flexibility index (Phi) is 4.31. The van der Waals surface area contributed by atoms with Crippen molar-refractivity contribution < 1.29 is 13.2 Å². The molecule has 26 heavy (non-hydrogen) atoms. The third-order valence-corrected chi connectivity index (χ3v) is 5.03. The zero-order valence-electron chi connectivity index (χ0n) is 14.6. The van der Waals surface area contributed by atoms with E-state index in [0.29, 0.717) is 0 Å². The highest BCUT2D eigenvalue weighted by atomic mass is 19.1. The Morgan fingerprint density at radius 1 is 0.769 bits per heavy atom. The Morgan fingerprint density at radius 2 is 1.50 bits per heavy atom. The standard InChI is InChI=1S/C23H19F3/c1-2-3-4-14-5-6-20-15(7-14)8-16-11-22(23(26)13-21(16)20)17-9-18(24)12-19(25)10-17/h5-7,9-13H,2-4,8H2,1H3. The number of hydrogen-bond acceptors (Lipinski definition) is 0. The molecular formula is C23H19F3. The van der Waals surface area contributed by atoms with Crippen molar-refractivity contribution in [3.63, 3.8) is 0 Å². The van der Waals surface area contributed by atoms with Crippen molar-refractivity contribution in [3.8, 4) is 22.3 Å². The Balaban J connectivity index is 1.74. The van der Waals surface area contributed by atoms with E-state index < -0.39 is 17.5 Å². The molecule has 3 aromatic carbocycles. The Morgan fingerprint density at radius 3 is 2.23 bits per heavy atom. The van der Waals surface area contributed by atoms with E-state index in [1.165, 1.54) is 29.3 Å². The predicted molar refractivity (Wildman–Crippen MR) is 98.6 cm³/mol. The van der Waals surface area contributed by atoms with Crippen LogP contribution in [0, 0.1) is 17.5 Å². The smallest absolute Gasteiger partial charge is 0.131 e. The molecule has 0 amide bonds. The van der Waals surface area contributed by atoms with Crippen LogP contribution in [-0.4, -0.2) is 0 Å². The maximum absolute atomic E-state index is 14.7. The molecule has 0 spiro atoms. The lowest BCUT2D eigenvalue weighted by Gasteiger charge is -2.08. The van der Waals surface area contributed by atoms with Crippen LogP contribution in [0.25, 0.3) is 22.3 Å². The Bertz CT molecular complexity index is 969. The molecule has 1 aliphatic rings. The van der Waals surface area contributed by atoms with Gasteiger partial charge < -0.3 is 0 Å². The second kappa shape index (κ2) is 6.64. The summed E-state index contributed by atoms with van der Waals surface area (Å²) in [4.78, 5) is 0. The zero-order valence-corrected chi connectivity index (χ0v) is 14.6. The molecule has 0 saturated heterocycles. The third kappa shape index (κ3) is 3.03. The molecule has 0 saturated carbocycles. The molecule has 0 nitrogen and oxygen atoms in total. The van der Waals surface area contributed by atoms with Crippen LogP contribution in [0.4, 0.5) is 13.2 Å². The van der Waals surface area contributed by atoms with Crippen LogP contribution in [0.2, 0.25) is 0 Å². The average Bonchev–Trinajstić information content (AvgIpc) is 2.95. The molecule has 0 atom stereocenters. The summed E-state index contributed by atoms with van der Waals surface area (Å²) in [5.41, 5.74) is 5.87. The molecule has 0 heterocycles. The van der Waals surface area contributed by atoms with Crippen molar-refractivity contribution in [1.82, 2.24) is 0 Å². The van der Waals surface area contributed by atoms with E-state index in [-0.39, 0.29) is 11.1 Å². The highest BCUT2D eigenvalue weighted by molar-refractivity contribution is 5.80. The van der Waals surface area contributed by atoms with Gasteiger partial charge in [-0.1, -0.05) is 31.5 Å². The molecule has 0 radical (unpaired) electrons. The molecule has 3 aromatic rings. The van der Waals surface area contributed by atoms with E-state index >= 15 is 0 Å². The lowest BCUT2D eigenvalue weighted by molar-refractivity contribution is 0.583. The number of halogens is 3. The van der Waals surface area contributed by atoms with Crippen molar-refractivity contribution in [3.05, 3.63) is 82.7 Å². The summed E-state index contributed by atoms with van der Waals surface area (Å²) in [7, 11) is 0. The first-order valence-electron chi connectivity index (χ1n) is 8.96. The van der Waals surface area contributed by atoms with E-state index in [0.717, 1.165) is 48.4 Å². The van der Waals surface area contributed by atoms with Crippen LogP contribution in [0.3, 0.4) is 0 Å². The van der Waals surface area contributed by atoms with Gasteiger partial charge in [0.2, 0.25) is 0 Å². The Hall–Kier alpha value is -2.55. The summed E-state index contributed by atoms with van der Waals surface area (Å²) in [5.74, 6) is -1.87. The van der Waals surface area contributed by atoms with Gasteiger partial charge in [0.15, 0.2) is 0 Å². The molecule has 132 valence electrons. The molecule has 0 N–H and O–H groups in total. The first-order valence-corrected chi connectivity index (χ1v) is 8.96. The van der Waals surface area contributed by atoms with Crippen LogP contribution in [0.5, 0.6) is 0 Å². The van der Waals surface area contributed by atoms with E-state index in [2.05, 4.69) is 25.1 Å². The fourth-order valence-electron chi connectivity index (χ4n) is 3.74. The Labute approximate surface area is 151 Å². The van der Waals surface area contributed by atoms with E-state index in [1.54, 1.807) is 6.07 Å². The lowest BCUT2D eigenvalue weighted by Crippen LogP contribution is -1.91. The summed E-state index contributed by atoms with van der Waals surface area (Å²) in [6.45, 7) is 2.17. The summed E-state index contributed by atoms with van der Waals surface area (Å²) >= 11 is 0. The number of unbranched alkanes of at least 4 members (excludes halogenated alkanes) is 1. The molecule has 4 rings (SSSR count). The number of aryl methyl sites for hydroxylation is 1. The van der Waals surface area contributed by atoms with Gasteiger partial charge in [0, 0.05) is 11.6 Å². The molecule has 0 unspecified atom stereocenters. The summed E-state index contributed by atoms with van der Waals surface area (Å²) in [6, 6.07) is 12.7. The van der Waals surface area contributed by atoms with Gasteiger partial charge >= 0.3 is 0 Å². The van der Waals surface area contributed by atoms with E-state index in [4.69, 9.17) is 0 Å². The molecule has 0 aliphatic heterocycles. The van der Waals surface area contributed by atoms with Crippen molar-refractivity contribution in [2.24, 2.45) is 0 Å². The highest BCUT2D eigenvalue weighted by Gasteiger charge is 2.22. The molecule has 0 bridgehead atoms. The molecule has 0 aromatic heterocycles. The number of hydrogen-bond donors (Lipinski definition) is 0. The number of fused-ring (bicyclic) bond motifs is 3. The first-order chi connectivity index (χ1) is 12.5. The summed E-state index contributed by atoms with van der Waals surface area (Å²) in [6.07, 6.45) is 4.06.